The zero-order valence-electron chi connectivity index (χ0n) is 15.9. The number of hydrogen-bond donors (Lipinski definition) is 1. The third-order valence-electron chi connectivity index (χ3n) is 5.02. The monoisotopic (exact) mass is 355 g/mol. The fourth-order valence-corrected chi connectivity index (χ4v) is 3.76. The molecule has 2 aliphatic heterocycles. The lowest BCUT2D eigenvalue weighted by Gasteiger charge is -2.14. The molecule has 1 aromatic heterocycles. The van der Waals surface area contributed by atoms with E-state index >= 15 is 0 Å². The second kappa shape index (κ2) is 8.04. The molecule has 140 valence electrons. The van der Waals surface area contributed by atoms with Crippen molar-refractivity contribution in [2.75, 3.05) is 13.1 Å². The number of hydrogen-bond acceptors (Lipinski definition) is 4. The second-order valence-corrected chi connectivity index (χ2v) is 8.12. The van der Waals surface area contributed by atoms with Gasteiger partial charge in [-0.1, -0.05) is 30.3 Å². The van der Waals surface area contributed by atoms with Crippen LogP contribution in [-0.4, -0.2) is 46.3 Å². The quantitative estimate of drug-likeness (QED) is 0.846. The van der Waals surface area contributed by atoms with Crippen molar-refractivity contribution in [2.24, 2.45) is 0 Å². The Labute approximate surface area is 155 Å². The Balaban J connectivity index is 0.000000242. The Morgan fingerprint density at radius 1 is 1.27 bits per heavy atom. The number of H-pyrrole nitrogens is 1. The van der Waals surface area contributed by atoms with Crippen LogP contribution < -0.4 is 0 Å². The Kier molecular flexibility index (Phi) is 5.77. The Bertz CT molecular complexity index is 694. The molecule has 0 amide bonds. The molecule has 2 aliphatic rings. The van der Waals surface area contributed by atoms with Crippen LogP contribution in [0.15, 0.2) is 36.4 Å². The van der Waals surface area contributed by atoms with Gasteiger partial charge in [0.25, 0.3) is 6.47 Å². The first kappa shape index (κ1) is 18.6. The maximum absolute atomic E-state index is 9.60. The minimum atomic E-state index is -0.318. The smallest absolute Gasteiger partial charge is 0.293 e. The lowest BCUT2D eigenvalue weighted by molar-refractivity contribution is -0.138. The Hall–Kier alpha value is -2.14. The summed E-state index contributed by atoms with van der Waals surface area (Å²) in [6, 6.07) is 13.5. The molecule has 2 atom stereocenters. The third-order valence-corrected chi connectivity index (χ3v) is 5.02. The van der Waals surface area contributed by atoms with Gasteiger partial charge in [-0.25, -0.2) is 0 Å². The summed E-state index contributed by atoms with van der Waals surface area (Å²) in [4.78, 5) is 12.2. The molecule has 26 heavy (non-hydrogen) atoms. The first-order chi connectivity index (χ1) is 12.5. The minimum absolute atomic E-state index is 0.318. The molecule has 0 saturated carbocycles. The number of nitrogens with zero attached hydrogens (tertiary/aromatic N) is 2. The van der Waals surface area contributed by atoms with Crippen LogP contribution >= 0.6 is 0 Å². The first-order valence-electron chi connectivity index (χ1n) is 9.42. The average molecular weight is 355 g/mol. The van der Waals surface area contributed by atoms with Gasteiger partial charge in [0.1, 0.15) is 5.60 Å². The van der Waals surface area contributed by atoms with Crippen LogP contribution in [0.2, 0.25) is 0 Å². The highest BCUT2D eigenvalue weighted by molar-refractivity contribution is 5.59. The normalized spacial score (nSPS) is 22.4. The van der Waals surface area contributed by atoms with Gasteiger partial charge in [-0.05, 0) is 52.6 Å². The fourth-order valence-electron chi connectivity index (χ4n) is 3.76. The summed E-state index contributed by atoms with van der Waals surface area (Å²) in [5, 5.41) is 7.74. The lowest BCUT2D eigenvalue weighted by atomic mass is 9.99. The van der Waals surface area contributed by atoms with Crippen molar-refractivity contribution in [3.8, 4) is 11.3 Å². The topological polar surface area (TPSA) is 58.2 Å². The van der Waals surface area contributed by atoms with E-state index in [1.54, 1.807) is 0 Å². The van der Waals surface area contributed by atoms with Crippen molar-refractivity contribution >= 4 is 6.47 Å². The van der Waals surface area contributed by atoms with E-state index in [0.717, 1.165) is 11.7 Å². The molecule has 0 spiro atoms. The summed E-state index contributed by atoms with van der Waals surface area (Å²) >= 11 is 0. The average Bonchev–Trinajstić information content (AvgIpc) is 3.30. The number of aromatic nitrogens is 2. The largest absolute Gasteiger partial charge is 0.462 e. The molecule has 2 unspecified atom stereocenters. The molecule has 5 nitrogen and oxygen atoms in total. The summed E-state index contributed by atoms with van der Waals surface area (Å²) < 4.78 is 4.55. The summed E-state index contributed by atoms with van der Waals surface area (Å²) in [5.74, 6) is 0.648. The van der Waals surface area contributed by atoms with Crippen molar-refractivity contribution in [3.05, 3.63) is 42.1 Å². The van der Waals surface area contributed by atoms with Crippen molar-refractivity contribution in [1.82, 2.24) is 15.1 Å². The van der Waals surface area contributed by atoms with Gasteiger partial charge in [0.15, 0.2) is 0 Å². The van der Waals surface area contributed by atoms with E-state index in [0.29, 0.717) is 12.4 Å². The van der Waals surface area contributed by atoms with Gasteiger partial charge < -0.3 is 4.74 Å². The van der Waals surface area contributed by atoms with Crippen LogP contribution in [0.1, 0.15) is 51.6 Å². The number of benzene rings is 1. The molecule has 4 rings (SSSR count). The van der Waals surface area contributed by atoms with E-state index < -0.39 is 0 Å². The van der Waals surface area contributed by atoms with Crippen molar-refractivity contribution in [2.45, 2.75) is 57.6 Å². The zero-order chi connectivity index (χ0) is 18.6. The van der Waals surface area contributed by atoms with Gasteiger partial charge in [-0.15, -0.1) is 0 Å². The molecule has 0 radical (unpaired) electrons. The summed E-state index contributed by atoms with van der Waals surface area (Å²) in [5.41, 5.74) is 3.27. The molecule has 5 heteroatoms. The van der Waals surface area contributed by atoms with Crippen LogP contribution in [0.5, 0.6) is 0 Å². The predicted octanol–water partition coefficient (Wildman–Crippen LogP) is 3.99. The molecule has 2 aromatic rings. The number of nitrogens with one attached hydrogen (secondary N) is 1. The van der Waals surface area contributed by atoms with E-state index in [2.05, 4.69) is 50.2 Å². The van der Waals surface area contributed by atoms with Gasteiger partial charge in [-0.3, -0.25) is 14.8 Å². The fraction of sp³-hybridized carbons (Fsp3) is 0.524. The first-order valence-corrected chi connectivity index (χ1v) is 9.42. The summed E-state index contributed by atoms with van der Waals surface area (Å²) in [7, 11) is 0. The molecular formula is C21H29N3O2. The molecule has 3 heterocycles. The van der Waals surface area contributed by atoms with Crippen LogP contribution in [-0.2, 0) is 9.53 Å². The van der Waals surface area contributed by atoms with Gasteiger partial charge in [-0.2, -0.15) is 5.10 Å². The van der Waals surface area contributed by atoms with Crippen molar-refractivity contribution in [3.63, 3.8) is 0 Å². The molecule has 0 bridgehead atoms. The summed E-state index contributed by atoms with van der Waals surface area (Å²) in [6.07, 6.45) is 4.07. The molecule has 0 aliphatic carbocycles. The number of carbonyl (C=O) groups excluding carboxylic acids is 1. The van der Waals surface area contributed by atoms with Gasteiger partial charge in [0.05, 0.1) is 5.69 Å². The second-order valence-electron chi connectivity index (χ2n) is 8.12. The van der Waals surface area contributed by atoms with E-state index in [1.165, 1.54) is 43.6 Å². The summed E-state index contributed by atoms with van der Waals surface area (Å²) in [6.45, 7) is 8.42. The Morgan fingerprint density at radius 2 is 2.04 bits per heavy atom. The zero-order valence-corrected chi connectivity index (χ0v) is 15.9. The van der Waals surface area contributed by atoms with Crippen molar-refractivity contribution in [1.29, 1.82) is 0 Å². The van der Waals surface area contributed by atoms with Gasteiger partial charge >= 0.3 is 0 Å². The van der Waals surface area contributed by atoms with E-state index in [1.807, 2.05) is 26.8 Å². The predicted molar refractivity (Wildman–Crippen MR) is 103 cm³/mol. The lowest BCUT2D eigenvalue weighted by Crippen LogP contribution is -2.22. The van der Waals surface area contributed by atoms with Crippen LogP contribution in [0, 0.1) is 0 Å². The van der Waals surface area contributed by atoms with Gasteiger partial charge in [0, 0.05) is 29.8 Å². The van der Waals surface area contributed by atoms with Crippen molar-refractivity contribution < 1.29 is 9.53 Å². The maximum atomic E-state index is 9.60. The third kappa shape index (κ3) is 4.73. The van der Waals surface area contributed by atoms with Crippen LogP contribution in [0.3, 0.4) is 0 Å². The number of carbonyl (C=O) groups is 1. The minimum Gasteiger partial charge on any atom is -0.462 e. The Morgan fingerprint density at radius 3 is 2.65 bits per heavy atom. The molecular weight excluding hydrogens is 326 g/mol. The number of aromatic amines is 1. The molecule has 2 fully saturated rings. The maximum Gasteiger partial charge on any atom is 0.293 e. The van der Waals surface area contributed by atoms with Gasteiger partial charge in [0.2, 0.25) is 0 Å². The SMILES string of the molecule is CC(C)(C)OC=O.c1ccc(-c2cc(C3CC4CCCN4C3)[nH]n2)cc1. The van der Waals surface area contributed by atoms with E-state index in [-0.39, 0.29) is 5.60 Å². The highest BCUT2D eigenvalue weighted by Gasteiger charge is 2.36. The van der Waals surface area contributed by atoms with Crippen LogP contribution in [0.25, 0.3) is 11.3 Å². The van der Waals surface area contributed by atoms with Crippen LogP contribution in [0.4, 0.5) is 0 Å². The number of fused-ring (bicyclic) bond motifs is 1. The molecule has 2 saturated heterocycles. The highest BCUT2D eigenvalue weighted by Crippen LogP contribution is 2.37. The highest BCUT2D eigenvalue weighted by atomic mass is 16.5. The number of rotatable bonds is 3. The molecule has 1 aromatic carbocycles. The number of ether oxygens (including phenoxy) is 1. The standard InChI is InChI=1S/C16H19N3.C5H10O2/c1-2-5-12(6-3-1)15-10-16(18-17-15)13-9-14-7-4-8-19(14)11-13;1-5(2,3)7-4-6/h1-3,5-6,10,13-14H,4,7-9,11H2,(H,17,18);4H,1-3H3. The van der Waals surface area contributed by atoms with E-state index in [4.69, 9.17) is 0 Å². The molecule has 1 N–H and O–H groups in total. The van der Waals surface area contributed by atoms with E-state index in [9.17, 15) is 4.79 Å².